The Bertz CT molecular complexity index is 452. The number of aromatic nitrogens is 3. The van der Waals surface area contributed by atoms with Crippen LogP contribution in [-0.2, 0) is 11.3 Å². The smallest absolute Gasteiger partial charge is 0.405 e. The van der Waals surface area contributed by atoms with Gasteiger partial charge in [0.15, 0.2) is 0 Å². The fourth-order valence-corrected chi connectivity index (χ4v) is 2.76. The lowest BCUT2D eigenvalue weighted by Crippen LogP contribution is -2.38. The van der Waals surface area contributed by atoms with Gasteiger partial charge in [-0.1, -0.05) is 5.21 Å². The van der Waals surface area contributed by atoms with Gasteiger partial charge < -0.3 is 15.6 Å². The lowest BCUT2D eigenvalue weighted by Gasteiger charge is -2.39. The van der Waals surface area contributed by atoms with E-state index in [2.05, 4.69) is 10.3 Å². The fraction of sp³-hybridized carbons (Fsp3) is 0.750. The van der Waals surface area contributed by atoms with E-state index in [-0.39, 0.29) is 12.6 Å². The van der Waals surface area contributed by atoms with Crippen LogP contribution in [0.2, 0.25) is 0 Å². The summed E-state index contributed by atoms with van der Waals surface area (Å²) in [5, 5.41) is 16.9. The Hall–Kier alpha value is -1.63. The highest BCUT2D eigenvalue weighted by Gasteiger charge is 2.37. The molecule has 0 spiro atoms. The Kier molecular flexibility index (Phi) is 3.75. The van der Waals surface area contributed by atoms with Crippen LogP contribution < -0.4 is 5.73 Å². The van der Waals surface area contributed by atoms with Crippen LogP contribution in [0.25, 0.3) is 0 Å². The third-order valence-corrected chi connectivity index (χ3v) is 3.52. The summed E-state index contributed by atoms with van der Waals surface area (Å²) in [6.07, 6.45) is 3.51. The molecule has 7 nitrogen and oxygen atoms in total. The quantitative estimate of drug-likeness (QED) is 0.828. The zero-order valence-electron chi connectivity index (χ0n) is 11.2. The molecule has 1 aromatic heterocycles. The number of carbonyl (C=O) groups excluding carboxylic acids is 1. The van der Waals surface area contributed by atoms with Gasteiger partial charge >= 0.3 is 6.09 Å². The zero-order chi connectivity index (χ0) is 14.0. The Morgan fingerprint density at radius 2 is 2.32 bits per heavy atom. The van der Waals surface area contributed by atoms with Gasteiger partial charge in [-0.3, -0.25) is 0 Å². The van der Waals surface area contributed by atoms with Crippen LogP contribution in [0, 0.1) is 5.92 Å². The molecule has 3 N–H and O–H groups in total. The number of nitrogens with two attached hydrogens (primary N) is 1. The SMILES string of the molecule is CC(C)(C[C@H]1C[C@H](n2nncc2CO)C1)OC(N)=O. The van der Waals surface area contributed by atoms with Crippen LogP contribution in [0.5, 0.6) is 0 Å². The van der Waals surface area contributed by atoms with Gasteiger partial charge in [-0.15, -0.1) is 5.10 Å². The standard InChI is InChI=1S/C12H20N4O3/c1-12(2,19-11(13)18)5-8-3-9(4-8)16-10(7-17)6-14-15-16/h6,8-9,17H,3-5,7H2,1-2H3,(H2,13,18)/t8-,9-. The molecule has 0 aromatic carbocycles. The van der Waals surface area contributed by atoms with Gasteiger partial charge in [0.2, 0.25) is 0 Å². The molecule has 0 unspecified atom stereocenters. The normalized spacial score (nSPS) is 22.9. The van der Waals surface area contributed by atoms with E-state index in [1.165, 1.54) is 0 Å². The van der Waals surface area contributed by atoms with Crippen LogP contribution in [-0.4, -0.2) is 31.8 Å². The molecule has 7 heteroatoms. The van der Waals surface area contributed by atoms with Gasteiger partial charge in [-0.25, -0.2) is 9.48 Å². The minimum Gasteiger partial charge on any atom is -0.444 e. The van der Waals surface area contributed by atoms with Gasteiger partial charge in [0, 0.05) is 0 Å². The number of rotatable bonds is 5. The van der Waals surface area contributed by atoms with Crippen molar-refractivity contribution in [3.63, 3.8) is 0 Å². The first-order valence-electron chi connectivity index (χ1n) is 6.39. The molecule has 1 heterocycles. The summed E-state index contributed by atoms with van der Waals surface area (Å²) in [7, 11) is 0. The zero-order valence-corrected chi connectivity index (χ0v) is 11.2. The average molecular weight is 268 g/mol. The van der Waals surface area contributed by atoms with Crippen LogP contribution in [0.4, 0.5) is 4.79 Å². The molecule has 0 atom stereocenters. The summed E-state index contributed by atoms with van der Waals surface area (Å²) in [6, 6.07) is 0.277. The van der Waals surface area contributed by atoms with E-state index in [1.54, 1.807) is 10.9 Å². The summed E-state index contributed by atoms with van der Waals surface area (Å²) in [6.45, 7) is 3.67. The lowest BCUT2D eigenvalue weighted by molar-refractivity contribution is 0.00525. The molecule has 1 aromatic rings. The van der Waals surface area contributed by atoms with E-state index >= 15 is 0 Å². The number of aliphatic hydroxyl groups is 1. The molecular weight excluding hydrogens is 248 g/mol. The number of aliphatic hydroxyl groups excluding tert-OH is 1. The first kappa shape index (κ1) is 13.8. The molecule has 0 aliphatic heterocycles. The van der Waals surface area contributed by atoms with E-state index in [4.69, 9.17) is 15.6 Å². The number of primary amides is 1. The molecule has 0 saturated heterocycles. The van der Waals surface area contributed by atoms with Crippen molar-refractivity contribution < 1.29 is 14.6 Å². The van der Waals surface area contributed by atoms with Crippen molar-refractivity contribution in [2.75, 3.05) is 0 Å². The van der Waals surface area contributed by atoms with Crippen molar-refractivity contribution in [1.82, 2.24) is 15.0 Å². The maximum atomic E-state index is 10.8. The predicted octanol–water partition coefficient (Wildman–Crippen LogP) is 0.986. The maximum absolute atomic E-state index is 10.8. The summed E-state index contributed by atoms with van der Waals surface area (Å²) < 4.78 is 6.86. The molecule has 0 radical (unpaired) electrons. The highest BCUT2D eigenvalue weighted by Crippen LogP contribution is 2.42. The van der Waals surface area contributed by atoms with Crippen LogP contribution in [0.15, 0.2) is 6.20 Å². The molecule has 1 amide bonds. The van der Waals surface area contributed by atoms with Gasteiger partial charge in [0.1, 0.15) is 5.60 Å². The van der Waals surface area contributed by atoms with E-state index in [0.717, 1.165) is 25.0 Å². The number of carbonyl (C=O) groups is 1. The van der Waals surface area contributed by atoms with Gasteiger partial charge in [0.05, 0.1) is 24.5 Å². The fourth-order valence-electron chi connectivity index (χ4n) is 2.76. The van der Waals surface area contributed by atoms with Crippen molar-refractivity contribution in [3.8, 4) is 0 Å². The first-order valence-corrected chi connectivity index (χ1v) is 6.39. The van der Waals surface area contributed by atoms with Gasteiger partial charge in [-0.05, 0) is 39.0 Å². The number of ether oxygens (including phenoxy) is 1. The third-order valence-electron chi connectivity index (χ3n) is 3.52. The summed E-state index contributed by atoms with van der Waals surface area (Å²) in [5.74, 6) is 0.468. The lowest BCUT2D eigenvalue weighted by atomic mass is 9.74. The highest BCUT2D eigenvalue weighted by molar-refractivity contribution is 5.65. The largest absolute Gasteiger partial charge is 0.444 e. The van der Waals surface area contributed by atoms with Crippen molar-refractivity contribution in [2.45, 2.75) is 51.4 Å². The summed E-state index contributed by atoms with van der Waals surface area (Å²) in [4.78, 5) is 10.8. The van der Waals surface area contributed by atoms with Crippen LogP contribution in [0.3, 0.4) is 0 Å². The molecule has 0 bridgehead atoms. The molecule has 2 rings (SSSR count). The topological polar surface area (TPSA) is 103 Å². The Balaban J connectivity index is 1.85. The number of nitrogens with zero attached hydrogens (tertiary/aromatic N) is 3. The molecule has 1 aliphatic rings. The minimum absolute atomic E-state index is 0.0511. The maximum Gasteiger partial charge on any atom is 0.405 e. The van der Waals surface area contributed by atoms with Gasteiger partial charge in [-0.2, -0.15) is 0 Å². The Morgan fingerprint density at radius 1 is 1.63 bits per heavy atom. The molecule has 1 fully saturated rings. The number of hydrogen-bond donors (Lipinski definition) is 2. The van der Waals surface area contributed by atoms with Gasteiger partial charge in [0.25, 0.3) is 0 Å². The summed E-state index contributed by atoms with van der Waals surface area (Å²) >= 11 is 0. The molecular formula is C12H20N4O3. The molecule has 1 aliphatic carbocycles. The average Bonchev–Trinajstić information content (AvgIpc) is 2.68. The monoisotopic (exact) mass is 268 g/mol. The van der Waals surface area contributed by atoms with E-state index < -0.39 is 11.7 Å². The van der Waals surface area contributed by atoms with Crippen molar-refractivity contribution in [2.24, 2.45) is 11.7 Å². The highest BCUT2D eigenvalue weighted by atomic mass is 16.6. The van der Waals surface area contributed by atoms with Crippen LogP contribution in [0.1, 0.15) is 44.8 Å². The van der Waals surface area contributed by atoms with E-state index in [9.17, 15) is 4.79 Å². The van der Waals surface area contributed by atoms with E-state index in [0.29, 0.717) is 5.92 Å². The molecule has 19 heavy (non-hydrogen) atoms. The Morgan fingerprint density at radius 3 is 2.89 bits per heavy atom. The van der Waals surface area contributed by atoms with Crippen molar-refractivity contribution >= 4 is 6.09 Å². The second-order valence-corrected chi connectivity index (χ2v) is 5.70. The number of hydrogen-bond acceptors (Lipinski definition) is 5. The molecule has 1 saturated carbocycles. The van der Waals surface area contributed by atoms with E-state index in [1.807, 2.05) is 13.8 Å². The van der Waals surface area contributed by atoms with Crippen molar-refractivity contribution in [3.05, 3.63) is 11.9 Å². The van der Waals surface area contributed by atoms with Crippen LogP contribution >= 0.6 is 0 Å². The first-order chi connectivity index (χ1) is 8.91. The second kappa shape index (κ2) is 5.16. The van der Waals surface area contributed by atoms with Crippen molar-refractivity contribution in [1.29, 1.82) is 0 Å². The third kappa shape index (κ3) is 3.23. The predicted molar refractivity (Wildman–Crippen MR) is 67.1 cm³/mol. The summed E-state index contributed by atoms with van der Waals surface area (Å²) in [5.41, 5.74) is 5.24. The second-order valence-electron chi connectivity index (χ2n) is 5.70. The molecule has 106 valence electrons. The Labute approximate surface area is 111 Å². The minimum atomic E-state index is -0.736. The number of amides is 1.